The summed E-state index contributed by atoms with van der Waals surface area (Å²) in [5.41, 5.74) is 0.481. The number of esters is 1. The van der Waals surface area contributed by atoms with Gasteiger partial charge < -0.3 is 9.64 Å². The SMILES string of the molecule is CCC1(CC)CN(c2ncccc2C(=O)OC(C)C)CCS1=O. The Labute approximate surface area is 140 Å². The largest absolute Gasteiger partial charge is 0.459 e. The fourth-order valence-corrected chi connectivity index (χ4v) is 4.73. The minimum absolute atomic E-state index is 0.171. The molecule has 0 aliphatic carbocycles. The van der Waals surface area contributed by atoms with Crippen molar-refractivity contribution in [3.63, 3.8) is 0 Å². The zero-order chi connectivity index (χ0) is 17.0. The summed E-state index contributed by atoms with van der Waals surface area (Å²) in [7, 11) is -0.843. The maximum Gasteiger partial charge on any atom is 0.342 e. The fourth-order valence-electron chi connectivity index (χ4n) is 2.97. The highest BCUT2D eigenvalue weighted by atomic mass is 32.2. The molecule has 1 fully saturated rings. The van der Waals surface area contributed by atoms with Crippen LogP contribution in [0.3, 0.4) is 0 Å². The lowest BCUT2D eigenvalue weighted by Crippen LogP contribution is -2.53. The average Bonchev–Trinajstić information content (AvgIpc) is 2.55. The summed E-state index contributed by atoms with van der Waals surface area (Å²) in [5.74, 6) is 0.895. The van der Waals surface area contributed by atoms with Gasteiger partial charge in [-0.1, -0.05) is 13.8 Å². The molecule has 0 aromatic carbocycles. The molecular formula is C17H26N2O3S. The van der Waals surface area contributed by atoms with Crippen LogP contribution in [0.5, 0.6) is 0 Å². The number of rotatable bonds is 5. The van der Waals surface area contributed by atoms with Gasteiger partial charge in [0.05, 0.1) is 10.9 Å². The fraction of sp³-hybridized carbons (Fsp3) is 0.647. The Morgan fingerprint density at radius 2 is 2.13 bits per heavy atom. The highest BCUT2D eigenvalue weighted by Gasteiger charge is 2.40. The minimum Gasteiger partial charge on any atom is -0.459 e. The van der Waals surface area contributed by atoms with Crippen LogP contribution < -0.4 is 4.90 Å². The predicted octanol–water partition coefficient (Wildman–Crippen LogP) is 2.77. The van der Waals surface area contributed by atoms with Crippen molar-refractivity contribution in [2.24, 2.45) is 0 Å². The summed E-state index contributed by atoms with van der Waals surface area (Å²) in [6.07, 6.45) is 3.22. The summed E-state index contributed by atoms with van der Waals surface area (Å²) >= 11 is 0. The second-order valence-corrected chi connectivity index (χ2v) is 8.16. The van der Waals surface area contributed by atoms with E-state index in [1.54, 1.807) is 18.3 Å². The molecule has 1 aliphatic rings. The molecule has 1 unspecified atom stereocenters. The molecule has 5 nitrogen and oxygen atoms in total. The van der Waals surface area contributed by atoms with Crippen LogP contribution in [0.25, 0.3) is 0 Å². The number of pyridine rings is 1. The third-order valence-electron chi connectivity index (χ3n) is 4.45. The van der Waals surface area contributed by atoms with Crippen LogP contribution in [0.1, 0.15) is 50.9 Å². The maximum absolute atomic E-state index is 12.5. The molecule has 1 aromatic heterocycles. The Morgan fingerprint density at radius 1 is 1.43 bits per heavy atom. The van der Waals surface area contributed by atoms with Gasteiger partial charge in [0.2, 0.25) is 0 Å². The second-order valence-electron chi connectivity index (χ2n) is 6.19. The number of anilines is 1. The molecule has 0 amide bonds. The maximum atomic E-state index is 12.5. The second kappa shape index (κ2) is 7.43. The molecule has 1 atom stereocenters. The van der Waals surface area contributed by atoms with E-state index in [0.717, 1.165) is 12.8 Å². The summed E-state index contributed by atoms with van der Waals surface area (Å²) in [4.78, 5) is 18.8. The van der Waals surface area contributed by atoms with Crippen LogP contribution in [0.4, 0.5) is 5.82 Å². The molecule has 0 spiro atoms. The summed E-state index contributed by atoms with van der Waals surface area (Å²) < 4.78 is 17.6. The predicted molar refractivity (Wildman–Crippen MR) is 93.3 cm³/mol. The lowest BCUT2D eigenvalue weighted by Gasteiger charge is -2.42. The van der Waals surface area contributed by atoms with E-state index in [9.17, 15) is 9.00 Å². The van der Waals surface area contributed by atoms with Crippen molar-refractivity contribution in [1.82, 2.24) is 4.98 Å². The number of carbonyl (C=O) groups is 1. The van der Waals surface area contributed by atoms with E-state index in [1.165, 1.54) is 0 Å². The van der Waals surface area contributed by atoms with Gasteiger partial charge in [-0.15, -0.1) is 0 Å². The van der Waals surface area contributed by atoms with Gasteiger partial charge in [-0.05, 0) is 38.8 Å². The van der Waals surface area contributed by atoms with Crippen molar-refractivity contribution in [2.75, 3.05) is 23.7 Å². The molecule has 0 N–H and O–H groups in total. The number of nitrogens with zero attached hydrogens (tertiary/aromatic N) is 2. The van der Waals surface area contributed by atoms with E-state index in [2.05, 4.69) is 23.7 Å². The van der Waals surface area contributed by atoms with Crippen LogP contribution in [0, 0.1) is 0 Å². The molecule has 2 heterocycles. The molecular weight excluding hydrogens is 312 g/mol. The summed E-state index contributed by atoms with van der Waals surface area (Å²) in [6.45, 7) is 9.13. The molecule has 1 saturated heterocycles. The first-order chi connectivity index (χ1) is 10.9. The third-order valence-corrected chi connectivity index (χ3v) is 6.67. The lowest BCUT2D eigenvalue weighted by molar-refractivity contribution is 0.0378. The molecule has 128 valence electrons. The smallest absolute Gasteiger partial charge is 0.342 e. The lowest BCUT2D eigenvalue weighted by atomic mass is 10.0. The number of hydrogen-bond donors (Lipinski definition) is 0. The first kappa shape index (κ1) is 17.9. The van der Waals surface area contributed by atoms with E-state index in [4.69, 9.17) is 4.74 Å². The third kappa shape index (κ3) is 3.74. The van der Waals surface area contributed by atoms with Crippen molar-refractivity contribution in [2.45, 2.75) is 51.4 Å². The Hall–Kier alpha value is -1.43. The van der Waals surface area contributed by atoms with Gasteiger partial charge in [0.15, 0.2) is 0 Å². The van der Waals surface area contributed by atoms with E-state index >= 15 is 0 Å². The van der Waals surface area contributed by atoms with Crippen molar-refractivity contribution < 1.29 is 13.7 Å². The topological polar surface area (TPSA) is 59.5 Å². The van der Waals surface area contributed by atoms with E-state index < -0.39 is 10.8 Å². The quantitative estimate of drug-likeness (QED) is 0.773. The first-order valence-electron chi connectivity index (χ1n) is 8.23. The molecule has 1 aromatic rings. The van der Waals surface area contributed by atoms with Gasteiger partial charge in [-0.25, -0.2) is 9.78 Å². The monoisotopic (exact) mass is 338 g/mol. The Bertz CT molecular complexity index is 585. The van der Waals surface area contributed by atoms with Gasteiger partial charge in [0.1, 0.15) is 11.4 Å². The zero-order valence-corrected chi connectivity index (χ0v) is 15.2. The normalized spacial score (nSPS) is 20.6. The van der Waals surface area contributed by atoms with E-state index in [1.807, 2.05) is 13.8 Å². The van der Waals surface area contributed by atoms with Crippen molar-refractivity contribution in [3.05, 3.63) is 23.9 Å². The van der Waals surface area contributed by atoms with Gasteiger partial charge >= 0.3 is 5.97 Å². The molecule has 6 heteroatoms. The van der Waals surface area contributed by atoms with Crippen LogP contribution in [0.2, 0.25) is 0 Å². The highest BCUT2D eigenvalue weighted by Crippen LogP contribution is 2.32. The number of carbonyl (C=O) groups excluding carboxylic acids is 1. The summed E-state index contributed by atoms with van der Waals surface area (Å²) in [6, 6.07) is 3.49. The van der Waals surface area contributed by atoms with E-state index in [0.29, 0.717) is 30.2 Å². The highest BCUT2D eigenvalue weighted by molar-refractivity contribution is 7.86. The summed E-state index contributed by atoms with van der Waals surface area (Å²) in [5, 5.41) is 0. The molecule has 0 bridgehead atoms. The van der Waals surface area contributed by atoms with Crippen LogP contribution in [-0.2, 0) is 15.5 Å². The zero-order valence-electron chi connectivity index (χ0n) is 14.4. The molecule has 2 rings (SSSR count). The van der Waals surface area contributed by atoms with Crippen LogP contribution in [0.15, 0.2) is 18.3 Å². The average molecular weight is 338 g/mol. The van der Waals surface area contributed by atoms with Gasteiger partial charge in [0.25, 0.3) is 0 Å². The molecule has 0 saturated carbocycles. The van der Waals surface area contributed by atoms with Crippen molar-refractivity contribution in [1.29, 1.82) is 0 Å². The number of hydrogen-bond acceptors (Lipinski definition) is 5. The van der Waals surface area contributed by atoms with Gasteiger partial charge in [-0.3, -0.25) is 4.21 Å². The van der Waals surface area contributed by atoms with Gasteiger partial charge in [-0.2, -0.15) is 0 Å². The number of ether oxygens (including phenoxy) is 1. The molecule has 23 heavy (non-hydrogen) atoms. The van der Waals surface area contributed by atoms with Crippen LogP contribution >= 0.6 is 0 Å². The van der Waals surface area contributed by atoms with Crippen molar-refractivity contribution >= 4 is 22.6 Å². The Balaban J connectivity index is 2.32. The first-order valence-corrected chi connectivity index (χ1v) is 9.55. The molecule has 1 aliphatic heterocycles. The number of aromatic nitrogens is 1. The van der Waals surface area contributed by atoms with Crippen molar-refractivity contribution in [3.8, 4) is 0 Å². The van der Waals surface area contributed by atoms with E-state index in [-0.39, 0.29) is 16.8 Å². The standard InChI is InChI=1S/C17H26N2O3S/c1-5-17(6-2)12-19(10-11-23(17)21)15-14(8-7-9-18-15)16(20)22-13(3)4/h7-9,13H,5-6,10-12H2,1-4H3. The Kier molecular flexibility index (Phi) is 5.79. The van der Waals surface area contributed by atoms with Crippen LogP contribution in [-0.4, -0.2) is 44.9 Å². The van der Waals surface area contributed by atoms with Gasteiger partial charge in [0, 0.05) is 35.8 Å². The Morgan fingerprint density at radius 3 is 2.74 bits per heavy atom. The minimum atomic E-state index is -0.843. The molecule has 0 radical (unpaired) electrons.